The van der Waals surface area contributed by atoms with Crippen LogP contribution in [0.4, 0.5) is 0 Å². The first-order valence-electron chi connectivity index (χ1n) is 5.04. The van der Waals surface area contributed by atoms with E-state index in [9.17, 15) is 4.79 Å². The van der Waals surface area contributed by atoms with Gasteiger partial charge in [0.15, 0.2) is 0 Å². The number of H-pyrrole nitrogens is 2. The van der Waals surface area contributed by atoms with Crippen molar-refractivity contribution in [3.05, 3.63) is 36.3 Å². The Kier molecular flexibility index (Phi) is 1.94. The minimum absolute atomic E-state index is 0.231. The van der Waals surface area contributed by atoms with Gasteiger partial charge in [-0.05, 0) is 12.1 Å². The van der Waals surface area contributed by atoms with Crippen molar-refractivity contribution in [1.29, 1.82) is 0 Å². The minimum atomic E-state index is -0.548. The molecule has 0 fully saturated rings. The maximum Gasteiger partial charge on any atom is 0.267 e. The van der Waals surface area contributed by atoms with Crippen LogP contribution >= 0.6 is 0 Å². The summed E-state index contributed by atoms with van der Waals surface area (Å²) in [4.78, 5) is 18.2. The van der Waals surface area contributed by atoms with Crippen molar-refractivity contribution in [2.75, 3.05) is 0 Å². The lowest BCUT2D eigenvalue weighted by atomic mass is 10.2. The summed E-state index contributed by atoms with van der Waals surface area (Å²) in [6.45, 7) is 0. The van der Waals surface area contributed by atoms with Crippen molar-refractivity contribution in [2.24, 2.45) is 5.73 Å². The van der Waals surface area contributed by atoms with Crippen LogP contribution in [-0.2, 0) is 0 Å². The first-order valence-corrected chi connectivity index (χ1v) is 5.04. The number of fused-ring (bicyclic) bond motifs is 1. The van der Waals surface area contributed by atoms with Crippen LogP contribution in [0.3, 0.4) is 0 Å². The Balaban J connectivity index is 2.19. The van der Waals surface area contributed by atoms with E-state index in [1.807, 2.05) is 12.4 Å². The fourth-order valence-electron chi connectivity index (χ4n) is 1.73. The lowest BCUT2D eigenvalue weighted by Gasteiger charge is -1.98. The van der Waals surface area contributed by atoms with Crippen LogP contribution in [0.5, 0.6) is 0 Å². The number of hydrogen-bond acceptors (Lipinski definition) is 3. The minimum Gasteiger partial charge on any atom is -0.365 e. The molecule has 0 saturated carbocycles. The van der Waals surface area contributed by atoms with Crippen LogP contribution in [0, 0.1) is 0 Å². The molecule has 3 rings (SSSR count). The van der Waals surface area contributed by atoms with Gasteiger partial charge in [-0.25, -0.2) is 4.98 Å². The fourth-order valence-corrected chi connectivity index (χ4v) is 1.73. The van der Waals surface area contributed by atoms with Gasteiger partial charge in [-0.2, -0.15) is 5.10 Å². The fraction of sp³-hybridized carbons (Fsp3) is 0. The van der Waals surface area contributed by atoms with Gasteiger partial charge in [0.25, 0.3) is 5.91 Å². The Bertz CT molecular complexity index is 697. The number of nitrogens with zero attached hydrogens (tertiary/aromatic N) is 2. The van der Waals surface area contributed by atoms with Gasteiger partial charge in [0.2, 0.25) is 0 Å². The molecule has 3 heterocycles. The maximum absolute atomic E-state index is 11.1. The molecule has 4 N–H and O–H groups in total. The molecule has 0 radical (unpaired) electrons. The van der Waals surface area contributed by atoms with Gasteiger partial charge in [-0.1, -0.05) is 6.07 Å². The smallest absolute Gasteiger partial charge is 0.267 e. The molecule has 6 nitrogen and oxygen atoms in total. The maximum atomic E-state index is 11.1. The van der Waals surface area contributed by atoms with E-state index in [2.05, 4.69) is 20.2 Å². The molecule has 0 atom stereocenters. The lowest BCUT2D eigenvalue weighted by Crippen LogP contribution is -2.13. The van der Waals surface area contributed by atoms with Gasteiger partial charge in [0, 0.05) is 17.8 Å². The van der Waals surface area contributed by atoms with Crippen LogP contribution in [0.2, 0.25) is 0 Å². The zero-order valence-corrected chi connectivity index (χ0v) is 8.77. The number of rotatable bonds is 2. The molecule has 6 heteroatoms. The summed E-state index contributed by atoms with van der Waals surface area (Å²) in [5, 5.41) is 7.97. The average molecular weight is 227 g/mol. The predicted octanol–water partition coefficient (Wildman–Crippen LogP) is 1.05. The van der Waals surface area contributed by atoms with Gasteiger partial charge in [-0.15, -0.1) is 0 Å². The van der Waals surface area contributed by atoms with E-state index < -0.39 is 5.91 Å². The summed E-state index contributed by atoms with van der Waals surface area (Å²) >= 11 is 0. The highest BCUT2D eigenvalue weighted by Gasteiger charge is 2.11. The number of nitrogens with one attached hydrogen (secondary N) is 2. The number of nitrogens with two attached hydrogens (primary N) is 1. The highest BCUT2D eigenvalue weighted by molar-refractivity contribution is 5.94. The number of aromatic nitrogens is 4. The number of amides is 1. The zero-order chi connectivity index (χ0) is 11.8. The number of primary amides is 1. The predicted molar refractivity (Wildman–Crippen MR) is 62.2 cm³/mol. The molecular weight excluding hydrogens is 218 g/mol. The Hall–Kier alpha value is -2.63. The third kappa shape index (κ3) is 1.46. The average Bonchev–Trinajstić information content (AvgIpc) is 2.90. The molecule has 0 unspecified atom stereocenters. The third-order valence-electron chi connectivity index (χ3n) is 2.53. The second-order valence-corrected chi connectivity index (χ2v) is 3.63. The van der Waals surface area contributed by atoms with Crippen molar-refractivity contribution < 1.29 is 4.79 Å². The van der Waals surface area contributed by atoms with Crippen molar-refractivity contribution in [3.8, 4) is 11.4 Å². The van der Waals surface area contributed by atoms with Crippen LogP contribution in [0.15, 0.2) is 30.6 Å². The van der Waals surface area contributed by atoms with E-state index in [-0.39, 0.29) is 5.69 Å². The van der Waals surface area contributed by atoms with E-state index in [1.54, 1.807) is 18.2 Å². The third-order valence-corrected chi connectivity index (χ3v) is 2.53. The number of pyridine rings is 1. The lowest BCUT2D eigenvalue weighted by molar-refractivity contribution is 0.0995. The Labute approximate surface area is 95.9 Å². The van der Waals surface area contributed by atoms with E-state index in [1.165, 1.54) is 0 Å². The van der Waals surface area contributed by atoms with E-state index >= 15 is 0 Å². The summed E-state index contributed by atoms with van der Waals surface area (Å²) in [5.74, 6) is -0.548. The van der Waals surface area contributed by atoms with Gasteiger partial charge in [-0.3, -0.25) is 9.89 Å². The molecule has 0 aromatic carbocycles. The van der Waals surface area contributed by atoms with Crippen LogP contribution in [-0.4, -0.2) is 26.1 Å². The Morgan fingerprint density at radius 1 is 1.29 bits per heavy atom. The number of hydrogen-bond donors (Lipinski definition) is 3. The highest BCUT2D eigenvalue weighted by atomic mass is 16.1. The summed E-state index contributed by atoms with van der Waals surface area (Å²) in [6, 6.07) is 5.09. The summed E-state index contributed by atoms with van der Waals surface area (Å²) < 4.78 is 0. The van der Waals surface area contributed by atoms with Gasteiger partial charge in [0.1, 0.15) is 11.4 Å². The number of aromatic amines is 2. The largest absolute Gasteiger partial charge is 0.365 e. The standard InChI is InChI=1S/C11H9N5O/c12-11(17)8-3-1-2-7(14-8)10-6-4-13-5-9(6)15-16-10/h1-5,13,15H,(H2,12,17). The monoisotopic (exact) mass is 227 g/mol. The van der Waals surface area contributed by atoms with Crippen molar-refractivity contribution in [1.82, 2.24) is 20.2 Å². The van der Waals surface area contributed by atoms with Crippen LogP contribution in [0.1, 0.15) is 10.5 Å². The summed E-state index contributed by atoms with van der Waals surface area (Å²) in [6.07, 6.45) is 3.64. The van der Waals surface area contributed by atoms with Crippen LogP contribution < -0.4 is 5.73 Å². The number of carbonyl (C=O) groups is 1. The number of carbonyl (C=O) groups excluding carboxylic acids is 1. The first kappa shape index (κ1) is 9.59. The molecule has 0 spiro atoms. The molecule has 0 saturated heterocycles. The highest BCUT2D eigenvalue weighted by Crippen LogP contribution is 2.24. The molecule has 1 amide bonds. The topological polar surface area (TPSA) is 100 Å². The molecule has 17 heavy (non-hydrogen) atoms. The normalized spacial score (nSPS) is 10.8. The van der Waals surface area contributed by atoms with Crippen molar-refractivity contribution >= 4 is 16.8 Å². The quantitative estimate of drug-likeness (QED) is 0.610. The molecule has 0 aliphatic carbocycles. The second-order valence-electron chi connectivity index (χ2n) is 3.63. The molecule has 84 valence electrons. The molecule has 3 aromatic rings. The molecule has 0 bridgehead atoms. The SMILES string of the molecule is NC(=O)c1cccc(-c2n[nH]c3c[nH]cc23)n1. The second kappa shape index (κ2) is 3.44. The Morgan fingerprint density at radius 3 is 3.00 bits per heavy atom. The summed E-state index contributed by atoms with van der Waals surface area (Å²) in [5.41, 5.74) is 7.63. The van der Waals surface area contributed by atoms with Crippen LogP contribution in [0.25, 0.3) is 22.3 Å². The summed E-state index contributed by atoms with van der Waals surface area (Å²) in [7, 11) is 0. The van der Waals surface area contributed by atoms with Gasteiger partial charge in [0.05, 0.1) is 11.2 Å². The molecule has 0 aliphatic rings. The van der Waals surface area contributed by atoms with E-state index in [0.717, 1.165) is 10.9 Å². The van der Waals surface area contributed by atoms with Crippen molar-refractivity contribution in [2.45, 2.75) is 0 Å². The molecular formula is C11H9N5O. The Morgan fingerprint density at radius 2 is 2.18 bits per heavy atom. The zero-order valence-electron chi connectivity index (χ0n) is 8.77. The van der Waals surface area contributed by atoms with E-state index in [4.69, 9.17) is 5.73 Å². The van der Waals surface area contributed by atoms with Crippen molar-refractivity contribution in [3.63, 3.8) is 0 Å². The molecule has 0 aliphatic heterocycles. The first-order chi connectivity index (χ1) is 8.25. The molecule has 3 aromatic heterocycles. The van der Waals surface area contributed by atoms with Gasteiger partial charge < -0.3 is 10.7 Å². The van der Waals surface area contributed by atoms with Gasteiger partial charge >= 0.3 is 0 Å². The van der Waals surface area contributed by atoms with E-state index in [0.29, 0.717) is 11.4 Å².